The fourth-order valence-electron chi connectivity index (χ4n) is 2.26. The zero-order valence-corrected chi connectivity index (χ0v) is 11.2. The van der Waals surface area contributed by atoms with Crippen molar-refractivity contribution < 1.29 is 4.74 Å². The van der Waals surface area contributed by atoms with E-state index in [2.05, 4.69) is 10.2 Å². The Kier molecular flexibility index (Phi) is 2.95. The summed E-state index contributed by atoms with van der Waals surface area (Å²) in [7, 11) is 1.60. The number of rotatable bonds is 3. The van der Waals surface area contributed by atoms with Gasteiger partial charge < -0.3 is 4.74 Å². The Balaban J connectivity index is 2.34. The zero-order valence-electron chi connectivity index (χ0n) is 11.2. The standard InChI is InChI=1S/C15H13N3O2/c1-10-6-7-12(20-2)11(9-10)14-15(17-19)18-8-4-3-5-13(18)16-14/h3-9H,1-2H3. The third-order valence-corrected chi connectivity index (χ3v) is 3.20. The van der Waals surface area contributed by atoms with Crippen molar-refractivity contribution in [3.05, 3.63) is 53.1 Å². The van der Waals surface area contributed by atoms with Crippen LogP contribution in [0, 0.1) is 11.8 Å². The molecule has 0 radical (unpaired) electrons. The lowest BCUT2D eigenvalue weighted by atomic mass is 10.1. The van der Waals surface area contributed by atoms with Crippen molar-refractivity contribution in [1.29, 1.82) is 0 Å². The second-order valence-corrected chi connectivity index (χ2v) is 4.51. The fraction of sp³-hybridized carbons (Fsp3) is 0.133. The van der Waals surface area contributed by atoms with Crippen LogP contribution in [0.3, 0.4) is 0 Å². The van der Waals surface area contributed by atoms with Crippen LogP contribution < -0.4 is 4.74 Å². The first-order valence-corrected chi connectivity index (χ1v) is 6.20. The first kappa shape index (κ1) is 12.3. The van der Waals surface area contributed by atoms with Crippen molar-refractivity contribution in [2.75, 3.05) is 7.11 Å². The van der Waals surface area contributed by atoms with Gasteiger partial charge in [-0.2, -0.15) is 0 Å². The van der Waals surface area contributed by atoms with Crippen molar-refractivity contribution in [3.63, 3.8) is 0 Å². The molecule has 20 heavy (non-hydrogen) atoms. The van der Waals surface area contributed by atoms with E-state index in [1.807, 2.05) is 43.3 Å². The van der Waals surface area contributed by atoms with Crippen LogP contribution in [0.25, 0.3) is 16.9 Å². The number of methoxy groups -OCH3 is 1. The van der Waals surface area contributed by atoms with Crippen LogP contribution >= 0.6 is 0 Å². The molecule has 0 aliphatic heterocycles. The summed E-state index contributed by atoms with van der Waals surface area (Å²) in [4.78, 5) is 15.7. The molecule has 0 fully saturated rings. The van der Waals surface area contributed by atoms with Crippen LogP contribution in [0.15, 0.2) is 47.8 Å². The Labute approximate surface area is 115 Å². The van der Waals surface area contributed by atoms with Crippen molar-refractivity contribution in [3.8, 4) is 17.0 Å². The topological polar surface area (TPSA) is 56.0 Å². The highest BCUT2D eigenvalue weighted by Gasteiger charge is 2.18. The highest BCUT2D eigenvalue weighted by atomic mass is 16.5. The molecule has 0 aliphatic rings. The SMILES string of the molecule is COc1ccc(C)cc1-c1nc2ccccn2c1N=O. The molecule has 5 heteroatoms. The van der Waals surface area contributed by atoms with Gasteiger partial charge in [-0.25, -0.2) is 4.98 Å². The van der Waals surface area contributed by atoms with Crippen LogP contribution in [0.2, 0.25) is 0 Å². The van der Waals surface area contributed by atoms with Gasteiger partial charge >= 0.3 is 0 Å². The molecule has 3 aromatic rings. The minimum atomic E-state index is 0.282. The summed E-state index contributed by atoms with van der Waals surface area (Å²) in [6, 6.07) is 11.3. The van der Waals surface area contributed by atoms with E-state index in [0.717, 1.165) is 11.1 Å². The van der Waals surface area contributed by atoms with E-state index in [1.165, 1.54) is 0 Å². The maximum Gasteiger partial charge on any atom is 0.209 e. The molecule has 0 unspecified atom stereocenters. The van der Waals surface area contributed by atoms with Crippen molar-refractivity contribution >= 4 is 11.5 Å². The number of imidazole rings is 1. The van der Waals surface area contributed by atoms with E-state index in [0.29, 0.717) is 17.1 Å². The van der Waals surface area contributed by atoms with Crippen molar-refractivity contribution in [2.24, 2.45) is 5.18 Å². The van der Waals surface area contributed by atoms with Gasteiger partial charge in [-0.15, -0.1) is 4.91 Å². The van der Waals surface area contributed by atoms with Gasteiger partial charge in [0.05, 0.1) is 7.11 Å². The molecule has 5 nitrogen and oxygen atoms in total. The van der Waals surface area contributed by atoms with Crippen molar-refractivity contribution in [1.82, 2.24) is 9.38 Å². The highest BCUT2D eigenvalue weighted by molar-refractivity contribution is 5.79. The van der Waals surface area contributed by atoms with Gasteiger partial charge in [-0.3, -0.25) is 4.40 Å². The molecule has 0 spiro atoms. The number of hydrogen-bond donors (Lipinski definition) is 0. The lowest BCUT2D eigenvalue weighted by molar-refractivity contribution is 0.416. The molecule has 3 rings (SSSR count). The number of fused-ring (bicyclic) bond motifs is 1. The summed E-state index contributed by atoms with van der Waals surface area (Å²) in [6.07, 6.45) is 1.77. The maximum absolute atomic E-state index is 11.2. The van der Waals surface area contributed by atoms with Gasteiger partial charge in [-0.05, 0) is 36.4 Å². The van der Waals surface area contributed by atoms with Crippen LogP contribution in [-0.2, 0) is 0 Å². The molecule has 0 saturated heterocycles. The first-order valence-electron chi connectivity index (χ1n) is 6.20. The van der Waals surface area contributed by atoms with Gasteiger partial charge in [0, 0.05) is 11.8 Å². The maximum atomic E-state index is 11.2. The van der Waals surface area contributed by atoms with Gasteiger partial charge in [0.15, 0.2) is 0 Å². The average Bonchev–Trinajstić information content (AvgIpc) is 2.85. The van der Waals surface area contributed by atoms with Gasteiger partial charge in [0.25, 0.3) is 0 Å². The predicted octanol–water partition coefficient (Wildman–Crippen LogP) is 3.72. The smallest absolute Gasteiger partial charge is 0.209 e. The van der Waals surface area contributed by atoms with E-state index in [-0.39, 0.29) is 5.82 Å². The second kappa shape index (κ2) is 4.77. The molecule has 2 aromatic heterocycles. The number of aryl methyl sites for hydroxylation is 1. The molecule has 0 N–H and O–H groups in total. The highest BCUT2D eigenvalue weighted by Crippen LogP contribution is 2.36. The number of ether oxygens (including phenoxy) is 1. The summed E-state index contributed by atoms with van der Waals surface area (Å²) in [5.41, 5.74) is 3.05. The third-order valence-electron chi connectivity index (χ3n) is 3.20. The summed E-state index contributed by atoms with van der Waals surface area (Å²) >= 11 is 0. The normalized spacial score (nSPS) is 10.7. The molecule has 100 valence electrons. The Bertz CT molecular complexity index is 793. The summed E-state index contributed by atoms with van der Waals surface area (Å²) in [6.45, 7) is 1.98. The molecule has 0 aliphatic carbocycles. The number of pyridine rings is 1. The Morgan fingerprint density at radius 2 is 2.10 bits per heavy atom. The Hall–Kier alpha value is -2.69. The fourth-order valence-corrected chi connectivity index (χ4v) is 2.26. The summed E-state index contributed by atoms with van der Waals surface area (Å²) < 4.78 is 7.03. The molecule has 0 amide bonds. The predicted molar refractivity (Wildman–Crippen MR) is 77.4 cm³/mol. The largest absolute Gasteiger partial charge is 0.496 e. The lowest BCUT2D eigenvalue weighted by Gasteiger charge is -2.07. The molecule has 0 saturated carbocycles. The van der Waals surface area contributed by atoms with Crippen LogP contribution in [0.5, 0.6) is 5.75 Å². The van der Waals surface area contributed by atoms with Crippen LogP contribution in [0.4, 0.5) is 5.82 Å². The van der Waals surface area contributed by atoms with E-state index >= 15 is 0 Å². The van der Waals surface area contributed by atoms with E-state index in [1.54, 1.807) is 17.7 Å². The number of aromatic nitrogens is 2. The monoisotopic (exact) mass is 267 g/mol. The molecule has 0 atom stereocenters. The lowest BCUT2D eigenvalue weighted by Crippen LogP contribution is -1.89. The minimum absolute atomic E-state index is 0.282. The minimum Gasteiger partial charge on any atom is -0.496 e. The number of nitroso groups, excluding NO2 is 1. The van der Waals surface area contributed by atoms with Crippen LogP contribution in [0.1, 0.15) is 5.56 Å². The second-order valence-electron chi connectivity index (χ2n) is 4.51. The Morgan fingerprint density at radius 3 is 2.85 bits per heavy atom. The van der Waals surface area contributed by atoms with Gasteiger partial charge in [0.2, 0.25) is 5.82 Å². The van der Waals surface area contributed by atoms with Crippen LogP contribution in [-0.4, -0.2) is 16.5 Å². The summed E-state index contributed by atoms with van der Waals surface area (Å²) in [5.74, 6) is 0.952. The zero-order chi connectivity index (χ0) is 14.1. The molecule has 1 aromatic carbocycles. The first-order chi connectivity index (χ1) is 9.74. The third kappa shape index (κ3) is 1.84. The molecule has 2 heterocycles. The Morgan fingerprint density at radius 1 is 1.25 bits per heavy atom. The molecular formula is C15H13N3O2. The van der Waals surface area contributed by atoms with Gasteiger partial charge in [-0.1, -0.05) is 17.7 Å². The molecule has 0 bridgehead atoms. The van der Waals surface area contributed by atoms with E-state index in [9.17, 15) is 4.91 Å². The average molecular weight is 267 g/mol. The van der Waals surface area contributed by atoms with Crippen molar-refractivity contribution in [2.45, 2.75) is 6.92 Å². The number of nitrogens with zero attached hydrogens (tertiary/aromatic N) is 3. The number of benzene rings is 1. The summed E-state index contributed by atoms with van der Waals surface area (Å²) in [5, 5.41) is 3.14. The molecular weight excluding hydrogens is 254 g/mol. The quantitative estimate of drug-likeness (QED) is 0.679. The van der Waals surface area contributed by atoms with E-state index in [4.69, 9.17) is 4.74 Å². The number of hydrogen-bond acceptors (Lipinski definition) is 4. The van der Waals surface area contributed by atoms with Gasteiger partial charge in [0.1, 0.15) is 17.1 Å². The van der Waals surface area contributed by atoms with E-state index < -0.39 is 0 Å².